The largest absolute Gasteiger partial charge is 0.339 e. The number of benzene rings is 2. The maximum absolute atomic E-state index is 12.8. The van der Waals surface area contributed by atoms with Crippen molar-refractivity contribution >= 4 is 17.5 Å². The van der Waals surface area contributed by atoms with Crippen LogP contribution >= 0.6 is 0 Å². The summed E-state index contributed by atoms with van der Waals surface area (Å²) in [6.45, 7) is 1.70. The van der Waals surface area contributed by atoms with E-state index in [9.17, 15) is 9.59 Å². The highest BCUT2D eigenvalue weighted by Crippen LogP contribution is 2.17. The fraction of sp³-hybridized carbons (Fsp3) is 0.158. The van der Waals surface area contributed by atoms with Crippen LogP contribution in [0.2, 0.25) is 0 Å². The standard InChI is InChI=1S/C19H19N5O2/c1-14(24-13-20-12-21-24)18(25)23-17(15-8-4-2-5-9-15)19(26)22-16-10-6-3-7-11-16/h2-14,17H,1H3,(H,22,26)(H,23,25)/t14-,17+/m0/s1. The SMILES string of the molecule is C[C@@H](C(=O)N[C@@H](C(=O)Nc1ccccc1)c1ccccc1)n1cncn1. The quantitative estimate of drug-likeness (QED) is 0.715. The lowest BCUT2D eigenvalue weighted by molar-refractivity contribution is -0.128. The number of amides is 2. The van der Waals surface area contributed by atoms with Gasteiger partial charge in [0.2, 0.25) is 5.91 Å². The Hall–Kier alpha value is -3.48. The van der Waals surface area contributed by atoms with Gasteiger partial charge in [-0.25, -0.2) is 9.67 Å². The summed E-state index contributed by atoms with van der Waals surface area (Å²) in [6, 6.07) is 16.8. The number of carbonyl (C=O) groups excluding carboxylic acids is 2. The molecule has 2 atom stereocenters. The molecule has 0 aliphatic carbocycles. The van der Waals surface area contributed by atoms with Crippen LogP contribution in [0.4, 0.5) is 5.69 Å². The third kappa shape index (κ3) is 4.13. The van der Waals surface area contributed by atoms with Crippen LogP contribution in [0.5, 0.6) is 0 Å². The zero-order chi connectivity index (χ0) is 18.4. The summed E-state index contributed by atoms with van der Waals surface area (Å²) >= 11 is 0. The first kappa shape index (κ1) is 17.3. The minimum atomic E-state index is -0.824. The fourth-order valence-corrected chi connectivity index (χ4v) is 2.48. The van der Waals surface area contributed by atoms with Gasteiger partial charge in [-0.1, -0.05) is 48.5 Å². The van der Waals surface area contributed by atoms with Crippen LogP contribution in [0.3, 0.4) is 0 Å². The predicted molar refractivity (Wildman–Crippen MR) is 97.1 cm³/mol. The van der Waals surface area contributed by atoms with Gasteiger partial charge in [0.05, 0.1) is 0 Å². The molecular formula is C19H19N5O2. The Kier molecular flexibility index (Phi) is 5.38. The average Bonchev–Trinajstić information content (AvgIpc) is 3.21. The molecule has 0 bridgehead atoms. The number of hydrogen-bond acceptors (Lipinski definition) is 4. The number of nitrogens with zero attached hydrogens (tertiary/aromatic N) is 3. The Bertz CT molecular complexity index is 850. The number of nitrogens with one attached hydrogen (secondary N) is 2. The number of rotatable bonds is 6. The molecule has 0 fully saturated rings. The highest BCUT2D eigenvalue weighted by atomic mass is 16.2. The molecule has 0 saturated heterocycles. The first-order valence-electron chi connectivity index (χ1n) is 8.20. The molecule has 0 aliphatic heterocycles. The van der Waals surface area contributed by atoms with E-state index in [1.807, 2.05) is 36.4 Å². The van der Waals surface area contributed by atoms with E-state index in [1.54, 1.807) is 31.2 Å². The number of hydrogen-bond donors (Lipinski definition) is 2. The molecular weight excluding hydrogens is 330 g/mol. The van der Waals surface area contributed by atoms with Gasteiger partial charge in [-0.05, 0) is 24.6 Å². The average molecular weight is 349 g/mol. The van der Waals surface area contributed by atoms with Crippen LogP contribution in [-0.2, 0) is 9.59 Å². The van der Waals surface area contributed by atoms with E-state index in [2.05, 4.69) is 20.7 Å². The number of aromatic nitrogens is 3. The third-order valence-corrected chi connectivity index (χ3v) is 3.94. The molecule has 3 rings (SSSR count). The van der Waals surface area contributed by atoms with Gasteiger partial charge in [-0.3, -0.25) is 9.59 Å². The van der Waals surface area contributed by atoms with E-state index < -0.39 is 12.1 Å². The number of carbonyl (C=O) groups is 2. The molecule has 1 aromatic heterocycles. The monoisotopic (exact) mass is 349 g/mol. The first-order chi connectivity index (χ1) is 12.6. The second-order valence-electron chi connectivity index (χ2n) is 5.76. The van der Waals surface area contributed by atoms with Crippen molar-refractivity contribution in [2.45, 2.75) is 19.0 Å². The van der Waals surface area contributed by atoms with Gasteiger partial charge >= 0.3 is 0 Å². The molecule has 1 heterocycles. The Morgan fingerprint density at radius 1 is 0.962 bits per heavy atom. The number of para-hydroxylation sites is 1. The lowest BCUT2D eigenvalue weighted by Crippen LogP contribution is -2.40. The normalized spacial score (nSPS) is 12.8. The number of anilines is 1. The lowest BCUT2D eigenvalue weighted by atomic mass is 10.1. The van der Waals surface area contributed by atoms with E-state index in [4.69, 9.17) is 0 Å². The van der Waals surface area contributed by atoms with E-state index in [1.165, 1.54) is 17.3 Å². The van der Waals surface area contributed by atoms with Crippen molar-refractivity contribution in [1.29, 1.82) is 0 Å². The minimum Gasteiger partial charge on any atom is -0.339 e. The van der Waals surface area contributed by atoms with E-state index in [0.29, 0.717) is 11.3 Å². The zero-order valence-corrected chi connectivity index (χ0v) is 14.2. The van der Waals surface area contributed by atoms with Crippen LogP contribution in [0, 0.1) is 0 Å². The van der Waals surface area contributed by atoms with Gasteiger partial charge in [-0.15, -0.1) is 0 Å². The minimum absolute atomic E-state index is 0.318. The van der Waals surface area contributed by atoms with Crippen molar-refractivity contribution < 1.29 is 9.59 Å². The molecule has 7 nitrogen and oxygen atoms in total. The molecule has 7 heteroatoms. The summed E-state index contributed by atoms with van der Waals surface area (Å²) in [5.41, 5.74) is 1.36. The van der Waals surface area contributed by atoms with Crippen LogP contribution in [0.25, 0.3) is 0 Å². The van der Waals surface area contributed by atoms with Crippen molar-refractivity contribution in [2.24, 2.45) is 0 Å². The third-order valence-electron chi connectivity index (χ3n) is 3.94. The van der Waals surface area contributed by atoms with Gasteiger partial charge in [-0.2, -0.15) is 5.10 Å². The summed E-state index contributed by atoms with van der Waals surface area (Å²) in [5, 5.41) is 9.61. The molecule has 0 aliphatic rings. The summed E-state index contributed by atoms with van der Waals surface area (Å²) < 4.78 is 1.44. The van der Waals surface area contributed by atoms with E-state index in [0.717, 1.165) is 0 Å². The Labute approximate surface area is 151 Å². The molecule has 3 aromatic rings. The molecule has 0 spiro atoms. The second-order valence-corrected chi connectivity index (χ2v) is 5.76. The Morgan fingerprint density at radius 3 is 2.23 bits per heavy atom. The molecule has 0 unspecified atom stereocenters. The molecule has 0 saturated carbocycles. The van der Waals surface area contributed by atoms with Gasteiger partial charge < -0.3 is 10.6 Å². The Balaban J connectivity index is 1.79. The molecule has 26 heavy (non-hydrogen) atoms. The molecule has 2 aromatic carbocycles. The smallest absolute Gasteiger partial charge is 0.251 e. The van der Waals surface area contributed by atoms with Crippen molar-refractivity contribution in [2.75, 3.05) is 5.32 Å². The van der Waals surface area contributed by atoms with Crippen LogP contribution in [-0.4, -0.2) is 26.6 Å². The summed E-state index contributed by atoms with van der Waals surface area (Å²) in [4.78, 5) is 29.2. The fourth-order valence-electron chi connectivity index (χ4n) is 2.48. The summed E-state index contributed by atoms with van der Waals surface area (Å²) in [5.74, 6) is -0.644. The summed E-state index contributed by atoms with van der Waals surface area (Å²) in [7, 11) is 0. The van der Waals surface area contributed by atoms with Crippen LogP contribution in [0.1, 0.15) is 24.6 Å². The molecule has 132 valence electrons. The predicted octanol–water partition coefficient (Wildman–Crippen LogP) is 2.34. The van der Waals surface area contributed by atoms with Gasteiger partial charge in [0.1, 0.15) is 24.7 Å². The van der Waals surface area contributed by atoms with Crippen molar-refractivity contribution in [3.8, 4) is 0 Å². The first-order valence-corrected chi connectivity index (χ1v) is 8.20. The molecule has 2 N–H and O–H groups in total. The lowest BCUT2D eigenvalue weighted by Gasteiger charge is -2.21. The zero-order valence-electron chi connectivity index (χ0n) is 14.2. The van der Waals surface area contributed by atoms with E-state index in [-0.39, 0.29) is 11.8 Å². The highest BCUT2D eigenvalue weighted by molar-refractivity contribution is 5.98. The van der Waals surface area contributed by atoms with Crippen molar-refractivity contribution in [3.05, 3.63) is 78.9 Å². The van der Waals surface area contributed by atoms with Crippen LogP contribution in [0.15, 0.2) is 73.3 Å². The van der Waals surface area contributed by atoms with E-state index >= 15 is 0 Å². The van der Waals surface area contributed by atoms with Gasteiger partial charge in [0, 0.05) is 5.69 Å². The topological polar surface area (TPSA) is 88.9 Å². The van der Waals surface area contributed by atoms with Crippen molar-refractivity contribution in [3.63, 3.8) is 0 Å². The summed E-state index contributed by atoms with van der Waals surface area (Å²) in [6.07, 6.45) is 2.83. The molecule has 0 radical (unpaired) electrons. The second kappa shape index (κ2) is 8.06. The maximum atomic E-state index is 12.8. The highest BCUT2D eigenvalue weighted by Gasteiger charge is 2.26. The maximum Gasteiger partial charge on any atom is 0.251 e. The Morgan fingerprint density at radius 2 is 1.62 bits per heavy atom. The van der Waals surface area contributed by atoms with Crippen molar-refractivity contribution in [1.82, 2.24) is 20.1 Å². The molecule has 2 amide bonds. The van der Waals surface area contributed by atoms with Gasteiger partial charge in [0.15, 0.2) is 0 Å². The van der Waals surface area contributed by atoms with Crippen LogP contribution < -0.4 is 10.6 Å². The van der Waals surface area contributed by atoms with Gasteiger partial charge in [0.25, 0.3) is 5.91 Å².